The fourth-order valence-electron chi connectivity index (χ4n) is 2.16. The highest BCUT2D eigenvalue weighted by Gasteiger charge is 2.16. The van der Waals surface area contributed by atoms with Gasteiger partial charge in [-0.1, -0.05) is 29.8 Å². The summed E-state index contributed by atoms with van der Waals surface area (Å²) < 4.78 is 5.51. The van der Waals surface area contributed by atoms with Crippen LogP contribution >= 0.6 is 11.6 Å². The highest BCUT2D eigenvalue weighted by molar-refractivity contribution is 6.31. The van der Waals surface area contributed by atoms with E-state index in [1.54, 1.807) is 31.4 Å². The third kappa shape index (κ3) is 2.87. The van der Waals surface area contributed by atoms with Gasteiger partial charge in [-0.15, -0.1) is 0 Å². The summed E-state index contributed by atoms with van der Waals surface area (Å²) in [6, 6.07) is 16.4. The molecule has 0 aliphatic carbocycles. The summed E-state index contributed by atoms with van der Waals surface area (Å²) in [5, 5.41) is 1.41. The third-order valence-corrected chi connectivity index (χ3v) is 3.57. The average Bonchev–Trinajstić information content (AvgIpc) is 2.55. The zero-order valence-electron chi connectivity index (χ0n) is 11.9. The second kappa shape index (κ2) is 6.03. The lowest BCUT2D eigenvalue weighted by Crippen LogP contribution is -2.29. The molecular weight excluding hydrogens is 300 g/mol. The number of carbonyl (C=O) groups excluding carboxylic acids is 1. The Kier molecular flexibility index (Phi) is 3.94. The molecule has 3 aromatic rings. The number of nitrogens with zero attached hydrogens (tertiary/aromatic N) is 1. The number of pyridine rings is 1. The van der Waals surface area contributed by atoms with Crippen LogP contribution in [0.4, 0.5) is 10.5 Å². The van der Waals surface area contributed by atoms with Gasteiger partial charge in [-0.3, -0.25) is 4.90 Å². The van der Waals surface area contributed by atoms with E-state index in [0.29, 0.717) is 10.8 Å². The summed E-state index contributed by atoms with van der Waals surface area (Å²) in [6.45, 7) is 0. The Bertz CT molecular complexity index is 821. The van der Waals surface area contributed by atoms with E-state index in [4.69, 9.17) is 16.3 Å². The summed E-state index contributed by atoms with van der Waals surface area (Å²) in [5.74, 6) is 0.484. The number of para-hydroxylation sites is 1. The van der Waals surface area contributed by atoms with Crippen molar-refractivity contribution in [1.29, 1.82) is 0 Å². The van der Waals surface area contributed by atoms with Crippen LogP contribution in [0.2, 0.25) is 5.02 Å². The van der Waals surface area contributed by atoms with Crippen LogP contribution in [0.25, 0.3) is 10.9 Å². The number of anilines is 1. The molecule has 1 amide bonds. The number of amides is 1. The summed E-state index contributed by atoms with van der Waals surface area (Å²) in [5.41, 5.74) is 1.57. The van der Waals surface area contributed by atoms with E-state index in [1.807, 2.05) is 36.4 Å². The van der Waals surface area contributed by atoms with Crippen molar-refractivity contribution in [1.82, 2.24) is 0 Å². The van der Waals surface area contributed by atoms with Crippen LogP contribution in [0.5, 0.6) is 5.75 Å². The first-order valence-electron chi connectivity index (χ1n) is 6.76. The number of carbonyl (C=O) groups is 1. The van der Waals surface area contributed by atoms with Crippen LogP contribution in [-0.2, 0) is 0 Å². The first-order valence-corrected chi connectivity index (χ1v) is 7.13. The van der Waals surface area contributed by atoms with Crippen molar-refractivity contribution in [3.8, 4) is 5.75 Å². The number of halogens is 1. The largest absolute Gasteiger partial charge is 0.419 e. The van der Waals surface area contributed by atoms with Gasteiger partial charge in [-0.2, -0.15) is 0 Å². The minimum atomic E-state index is -0.450. The van der Waals surface area contributed by atoms with Gasteiger partial charge in [0.05, 0.1) is 5.39 Å². The van der Waals surface area contributed by atoms with E-state index in [9.17, 15) is 4.79 Å². The van der Waals surface area contributed by atoms with Crippen molar-refractivity contribution in [2.45, 2.75) is 0 Å². The first-order chi connectivity index (χ1) is 10.6. The Hall–Kier alpha value is -2.59. The number of benzene rings is 2. The zero-order chi connectivity index (χ0) is 15.5. The van der Waals surface area contributed by atoms with Gasteiger partial charge in [0.25, 0.3) is 0 Å². The number of hydrogen-bond acceptors (Lipinski definition) is 2. The molecule has 22 heavy (non-hydrogen) atoms. The van der Waals surface area contributed by atoms with E-state index < -0.39 is 6.09 Å². The molecule has 0 radical (unpaired) electrons. The predicted octanol–water partition coefficient (Wildman–Crippen LogP) is 3.94. The number of nitrogens with one attached hydrogen (secondary N) is 1. The van der Waals surface area contributed by atoms with Crippen molar-refractivity contribution in [2.75, 3.05) is 11.9 Å². The number of H-pyrrole nitrogens is 1. The maximum absolute atomic E-state index is 12.3. The quantitative estimate of drug-likeness (QED) is 0.719. The van der Waals surface area contributed by atoms with Gasteiger partial charge in [0.15, 0.2) is 11.9 Å². The molecule has 0 aliphatic heterocycles. The summed E-state index contributed by atoms with van der Waals surface area (Å²) in [6.07, 6.45) is 1.26. The fourth-order valence-corrected chi connectivity index (χ4v) is 2.33. The van der Waals surface area contributed by atoms with Crippen LogP contribution in [-0.4, -0.2) is 13.1 Å². The molecule has 0 saturated carbocycles. The molecular formula is C17H14ClN2O2+. The fraction of sp³-hybridized carbons (Fsp3) is 0.0588. The van der Waals surface area contributed by atoms with Crippen LogP contribution in [0, 0.1) is 0 Å². The Balaban J connectivity index is 1.88. The molecule has 3 rings (SSSR count). The van der Waals surface area contributed by atoms with E-state index in [0.717, 1.165) is 16.6 Å². The lowest BCUT2D eigenvalue weighted by Gasteiger charge is -2.16. The second-order valence-corrected chi connectivity index (χ2v) is 5.23. The number of fused-ring (bicyclic) bond motifs is 1. The van der Waals surface area contributed by atoms with Crippen LogP contribution in [0.1, 0.15) is 0 Å². The molecule has 4 nitrogen and oxygen atoms in total. The molecule has 1 heterocycles. The molecule has 1 aromatic heterocycles. The van der Waals surface area contributed by atoms with Gasteiger partial charge in [-0.05, 0) is 24.3 Å². The van der Waals surface area contributed by atoms with Crippen LogP contribution in [0.15, 0.2) is 60.8 Å². The topological polar surface area (TPSA) is 43.7 Å². The molecule has 0 bridgehead atoms. The van der Waals surface area contributed by atoms with Gasteiger partial charge in [0.1, 0.15) is 0 Å². The van der Waals surface area contributed by atoms with Gasteiger partial charge < -0.3 is 4.74 Å². The molecule has 0 unspecified atom stereocenters. The Labute approximate surface area is 132 Å². The van der Waals surface area contributed by atoms with Crippen molar-refractivity contribution >= 4 is 34.3 Å². The van der Waals surface area contributed by atoms with Crippen molar-refractivity contribution in [3.63, 3.8) is 0 Å². The Morgan fingerprint density at radius 2 is 1.91 bits per heavy atom. The molecule has 0 aliphatic rings. The lowest BCUT2D eigenvalue weighted by molar-refractivity contribution is -0.344. The molecule has 0 atom stereocenters. The van der Waals surface area contributed by atoms with Gasteiger partial charge >= 0.3 is 6.09 Å². The number of aromatic nitrogens is 1. The van der Waals surface area contributed by atoms with Crippen LogP contribution < -0.4 is 14.6 Å². The molecule has 0 saturated heterocycles. The lowest BCUT2D eigenvalue weighted by atomic mass is 10.2. The van der Waals surface area contributed by atoms with E-state index in [1.165, 1.54) is 4.90 Å². The van der Waals surface area contributed by atoms with Crippen molar-refractivity contribution in [3.05, 3.63) is 65.8 Å². The van der Waals surface area contributed by atoms with Gasteiger partial charge in [0.2, 0.25) is 5.52 Å². The molecule has 5 heteroatoms. The van der Waals surface area contributed by atoms with E-state index in [-0.39, 0.29) is 0 Å². The second-order valence-electron chi connectivity index (χ2n) is 4.79. The Morgan fingerprint density at radius 3 is 2.68 bits per heavy atom. The van der Waals surface area contributed by atoms with Crippen molar-refractivity contribution in [2.24, 2.45) is 0 Å². The van der Waals surface area contributed by atoms with Crippen LogP contribution in [0.3, 0.4) is 0 Å². The van der Waals surface area contributed by atoms with Gasteiger partial charge in [0, 0.05) is 29.9 Å². The maximum atomic E-state index is 12.3. The monoisotopic (exact) mass is 313 g/mol. The Morgan fingerprint density at radius 1 is 1.14 bits per heavy atom. The van der Waals surface area contributed by atoms with E-state index >= 15 is 0 Å². The highest BCUT2D eigenvalue weighted by atomic mass is 35.5. The molecule has 1 N–H and O–H groups in total. The first kappa shape index (κ1) is 14.4. The number of hydrogen-bond donors (Lipinski definition) is 0. The summed E-state index contributed by atoms with van der Waals surface area (Å²) in [7, 11) is 1.67. The van der Waals surface area contributed by atoms with Gasteiger partial charge in [-0.25, -0.2) is 9.78 Å². The maximum Gasteiger partial charge on any atom is 0.419 e. The smallest absolute Gasteiger partial charge is 0.409 e. The minimum Gasteiger partial charge on any atom is -0.409 e. The average molecular weight is 314 g/mol. The van der Waals surface area contributed by atoms with Crippen molar-refractivity contribution < 1.29 is 14.5 Å². The third-order valence-electron chi connectivity index (χ3n) is 3.34. The molecule has 0 spiro atoms. The predicted molar refractivity (Wildman–Crippen MR) is 86.4 cm³/mol. The molecule has 2 aromatic carbocycles. The summed E-state index contributed by atoms with van der Waals surface area (Å²) >= 11 is 5.97. The standard InChI is InChI=1S/C17H13ClN2O2/c1-20(13-5-3-2-4-6-13)17(21)22-16-9-10-19-15-11-12(18)7-8-14(15)16/h2-11H,1H3/p+1. The molecule has 110 valence electrons. The SMILES string of the molecule is CN(C(=O)Oc1cc[nH+]c2cc(Cl)ccc12)c1ccccc1. The number of ether oxygens (including phenoxy) is 1. The highest BCUT2D eigenvalue weighted by Crippen LogP contribution is 2.25. The zero-order valence-corrected chi connectivity index (χ0v) is 12.7. The van der Waals surface area contributed by atoms with E-state index in [2.05, 4.69) is 4.98 Å². The normalized spacial score (nSPS) is 10.5. The molecule has 0 fully saturated rings. The minimum absolute atomic E-state index is 0.450. The summed E-state index contributed by atoms with van der Waals surface area (Å²) in [4.78, 5) is 16.8. The number of rotatable bonds is 2. The number of aromatic amines is 1.